The van der Waals surface area contributed by atoms with Crippen LogP contribution in [0.15, 0.2) is 28.4 Å². The van der Waals surface area contributed by atoms with Gasteiger partial charge < -0.3 is 10.2 Å². The fourth-order valence-corrected chi connectivity index (χ4v) is 2.31. The van der Waals surface area contributed by atoms with E-state index >= 15 is 0 Å². The average Bonchev–Trinajstić information content (AvgIpc) is 2.88. The first-order chi connectivity index (χ1) is 7.86. The van der Waals surface area contributed by atoms with Crippen LogP contribution in [0.2, 0.25) is 0 Å². The Morgan fingerprint density at radius 1 is 1.50 bits per heavy atom. The number of hydrogen-bond acceptors (Lipinski definition) is 5. The Kier molecular flexibility index (Phi) is 2.23. The molecular weight excluding hydrogens is 224 g/mol. The highest BCUT2D eigenvalue weighted by Gasteiger charge is 2.10. The van der Waals surface area contributed by atoms with E-state index in [1.807, 2.05) is 22.2 Å². The third-order valence-corrected chi connectivity index (χ3v) is 3.16. The van der Waals surface area contributed by atoms with Crippen molar-refractivity contribution in [1.82, 2.24) is 14.4 Å². The molecule has 5 nitrogen and oxygen atoms in total. The number of imidazole rings is 1. The number of hydrogen-bond donors (Lipinski definition) is 1. The second kappa shape index (κ2) is 3.73. The normalized spacial score (nSPS) is 11.3. The van der Waals surface area contributed by atoms with Crippen molar-refractivity contribution in [3.63, 3.8) is 0 Å². The topological polar surface area (TPSA) is 69.3 Å². The molecule has 82 valence electrons. The number of nitrogens with zero attached hydrogens (tertiary/aromatic N) is 3. The van der Waals surface area contributed by atoms with Gasteiger partial charge in [-0.1, -0.05) is 0 Å². The zero-order valence-electron chi connectivity index (χ0n) is 8.46. The molecule has 0 aromatic carbocycles. The number of thiazole rings is 1. The molecular formula is C10H10N4OS. The summed E-state index contributed by atoms with van der Waals surface area (Å²) in [6, 6.07) is 0. The summed E-state index contributed by atoms with van der Waals surface area (Å²) in [5.74, 6) is 1.34. The smallest absolute Gasteiger partial charge is 0.306 e. The molecule has 16 heavy (non-hydrogen) atoms. The van der Waals surface area contributed by atoms with Gasteiger partial charge in [-0.15, -0.1) is 11.3 Å². The molecule has 0 unspecified atom stereocenters. The molecule has 0 spiro atoms. The van der Waals surface area contributed by atoms with Crippen molar-refractivity contribution in [3.8, 4) is 10.8 Å². The van der Waals surface area contributed by atoms with Crippen LogP contribution in [0.5, 0.6) is 0 Å². The Bertz CT molecular complexity index is 580. The maximum Gasteiger partial charge on any atom is 0.306 e. The Morgan fingerprint density at radius 2 is 2.44 bits per heavy atom. The van der Waals surface area contributed by atoms with Crippen molar-refractivity contribution in [2.45, 2.75) is 6.42 Å². The lowest BCUT2D eigenvalue weighted by Gasteiger charge is -1.88. The zero-order valence-corrected chi connectivity index (χ0v) is 9.28. The number of oxazole rings is 1. The lowest BCUT2D eigenvalue weighted by molar-refractivity contribution is 0.609. The summed E-state index contributed by atoms with van der Waals surface area (Å²) >= 11 is 1.56. The molecule has 2 N–H and O–H groups in total. The summed E-state index contributed by atoms with van der Waals surface area (Å²) in [7, 11) is 0. The van der Waals surface area contributed by atoms with Crippen LogP contribution in [0.4, 0.5) is 0 Å². The van der Waals surface area contributed by atoms with Crippen LogP contribution < -0.4 is 5.73 Å². The highest BCUT2D eigenvalue weighted by Crippen LogP contribution is 2.25. The molecule has 0 fully saturated rings. The minimum Gasteiger partial charge on any atom is -0.420 e. The second-order valence-electron chi connectivity index (χ2n) is 3.40. The summed E-state index contributed by atoms with van der Waals surface area (Å²) in [5, 5.41) is 2.88. The molecule has 3 aromatic rings. The number of nitrogens with two attached hydrogens (primary N) is 1. The molecule has 0 saturated heterocycles. The Balaban J connectivity index is 1.98. The van der Waals surface area contributed by atoms with E-state index in [1.54, 1.807) is 17.5 Å². The first-order valence-corrected chi connectivity index (χ1v) is 5.82. The fraction of sp³-hybridized carbons (Fsp3) is 0.200. The van der Waals surface area contributed by atoms with E-state index < -0.39 is 0 Å². The standard InChI is InChI=1S/C10H10N4OS/c11-2-1-7-6-16-9(13-7)8-5-14-4-3-12-10(14)15-8/h3-6H,1-2,11H2. The molecule has 0 aliphatic heterocycles. The summed E-state index contributed by atoms with van der Waals surface area (Å²) in [4.78, 5) is 8.51. The molecule has 0 aliphatic rings. The quantitative estimate of drug-likeness (QED) is 0.746. The van der Waals surface area contributed by atoms with E-state index in [1.165, 1.54) is 0 Å². The second-order valence-corrected chi connectivity index (χ2v) is 4.25. The van der Waals surface area contributed by atoms with Gasteiger partial charge in [-0.05, 0) is 6.54 Å². The van der Waals surface area contributed by atoms with Gasteiger partial charge in [-0.3, -0.25) is 4.40 Å². The molecule has 0 aliphatic carbocycles. The van der Waals surface area contributed by atoms with Gasteiger partial charge in [-0.2, -0.15) is 0 Å². The van der Waals surface area contributed by atoms with Crippen LogP contribution in [-0.4, -0.2) is 20.9 Å². The van der Waals surface area contributed by atoms with Crippen molar-refractivity contribution < 1.29 is 4.42 Å². The molecule has 3 heterocycles. The number of fused-ring (bicyclic) bond motifs is 1. The summed E-state index contributed by atoms with van der Waals surface area (Å²) < 4.78 is 7.39. The van der Waals surface area contributed by atoms with Crippen LogP contribution in [-0.2, 0) is 6.42 Å². The van der Waals surface area contributed by atoms with Crippen molar-refractivity contribution in [1.29, 1.82) is 0 Å². The van der Waals surface area contributed by atoms with Gasteiger partial charge in [0.05, 0.1) is 11.9 Å². The SMILES string of the molecule is NCCc1csc(-c2cn3ccnc3o2)n1. The number of rotatable bonds is 3. The summed E-state index contributed by atoms with van der Waals surface area (Å²) in [6.45, 7) is 0.616. The lowest BCUT2D eigenvalue weighted by atomic mass is 10.3. The summed E-state index contributed by atoms with van der Waals surface area (Å²) in [6.07, 6.45) is 6.22. The predicted molar refractivity (Wildman–Crippen MR) is 61.3 cm³/mol. The molecule has 0 saturated carbocycles. The van der Waals surface area contributed by atoms with E-state index in [2.05, 4.69) is 9.97 Å². The first kappa shape index (κ1) is 9.56. The maximum atomic E-state index is 5.55. The molecule has 0 atom stereocenters. The Morgan fingerprint density at radius 3 is 3.25 bits per heavy atom. The molecule has 0 amide bonds. The minimum absolute atomic E-state index is 0.588. The van der Waals surface area contributed by atoms with Gasteiger partial charge in [0.1, 0.15) is 0 Å². The highest BCUT2D eigenvalue weighted by atomic mass is 32.1. The monoisotopic (exact) mass is 234 g/mol. The van der Waals surface area contributed by atoms with E-state index in [9.17, 15) is 0 Å². The van der Waals surface area contributed by atoms with E-state index in [-0.39, 0.29) is 0 Å². The Hall–Kier alpha value is -1.66. The van der Waals surface area contributed by atoms with Crippen LogP contribution >= 0.6 is 11.3 Å². The highest BCUT2D eigenvalue weighted by molar-refractivity contribution is 7.13. The predicted octanol–water partition coefficient (Wildman–Crippen LogP) is 1.55. The fourth-order valence-electron chi connectivity index (χ4n) is 1.51. The third kappa shape index (κ3) is 1.52. The zero-order chi connectivity index (χ0) is 11.0. The molecule has 3 aromatic heterocycles. The minimum atomic E-state index is 0.588. The van der Waals surface area contributed by atoms with E-state index in [0.29, 0.717) is 12.4 Å². The van der Waals surface area contributed by atoms with Crippen molar-refractivity contribution >= 4 is 17.2 Å². The van der Waals surface area contributed by atoms with Crippen LogP contribution in [0, 0.1) is 0 Å². The van der Waals surface area contributed by atoms with Crippen molar-refractivity contribution in [2.75, 3.05) is 6.54 Å². The van der Waals surface area contributed by atoms with Crippen LogP contribution in [0.3, 0.4) is 0 Å². The molecule has 6 heteroatoms. The van der Waals surface area contributed by atoms with Crippen LogP contribution in [0.25, 0.3) is 16.6 Å². The van der Waals surface area contributed by atoms with Crippen molar-refractivity contribution in [3.05, 3.63) is 29.7 Å². The first-order valence-electron chi connectivity index (χ1n) is 4.94. The van der Waals surface area contributed by atoms with Crippen molar-refractivity contribution in [2.24, 2.45) is 5.73 Å². The summed E-state index contributed by atoms with van der Waals surface area (Å²) in [5.41, 5.74) is 6.49. The van der Waals surface area contributed by atoms with E-state index in [4.69, 9.17) is 10.2 Å². The number of aromatic nitrogens is 3. The van der Waals surface area contributed by atoms with Crippen LogP contribution in [0.1, 0.15) is 5.69 Å². The maximum absolute atomic E-state index is 5.55. The van der Waals surface area contributed by atoms with E-state index in [0.717, 1.165) is 22.9 Å². The van der Waals surface area contributed by atoms with Gasteiger partial charge >= 0.3 is 5.84 Å². The van der Waals surface area contributed by atoms with Gasteiger partial charge in [-0.25, -0.2) is 9.97 Å². The van der Waals surface area contributed by atoms with Gasteiger partial charge in [0, 0.05) is 24.2 Å². The average molecular weight is 234 g/mol. The lowest BCUT2D eigenvalue weighted by Crippen LogP contribution is -2.02. The van der Waals surface area contributed by atoms with Gasteiger partial charge in [0.25, 0.3) is 0 Å². The van der Waals surface area contributed by atoms with Gasteiger partial charge in [0.2, 0.25) is 0 Å². The third-order valence-electron chi connectivity index (χ3n) is 2.25. The Labute approximate surface area is 95.6 Å². The largest absolute Gasteiger partial charge is 0.420 e. The molecule has 0 bridgehead atoms. The molecule has 0 radical (unpaired) electrons. The van der Waals surface area contributed by atoms with Gasteiger partial charge in [0.15, 0.2) is 10.8 Å². The molecule has 3 rings (SSSR count).